The van der Waals surface area contributed by atoms with Crippen LogP contribution in [0.4, 0.5) is 9.59 Å². The second-order valence-electron chi connectivity index (χ2n) is 10.9. The Morgan fingerprint density at radius 1 is 0.923 bits per heavy atom. The third kappa shape index (κ3) is 10.9. The summed E-state index contributed by atoms with van der Waals surface area (Å²) < 4.78 is 5.40. The number of nitrogens with one attached hydrogen (secondary N) is 1. The van der Waals surface area contributed by atoms with E-state index in [1.165, 1.54) is 0 Å². The highest BCUT2D eigenvalue weighted by atomic mass is 32.2. The first-order chi connectivity index (χ1) is 18.6. The van der Waals surface area contributed by atoms with Gasteiger partial charge in [-0.05, 0) is 57.1 Å². The van der Waals surface area contributed by atoms with Gasteiger partial charge in [-0.25, -0.2) is 9.59 Å². The van der Waals surface area contributed by atoms with E-state index in [9.17, 15) is 14.4 Å². The van der Waals surface area contributed by atoms with Gasteiger partial charge in [0.2, 0.25) is 5.91 Å². The fraction of sp³-hybridized carbons (Fsp3) is 0.500. The Labute approximate surface area is 237 Å². The molecule has 1 fully saturated rings. The summed E-state index contributed by atoms with van der Waals surface area (Å²) >= 11 is 1.06. The zero-order valence-electron chi connectivity index (χ0n) is 23.6. The highest BCUT2D eigenvalue weighted by Crippen LogP contribution is 2.16. The van der Waals surface area contributed by atoms with Gasteiger partial charge in [0.05, 0.1) is 0 Å². The number of amides is 3. The molecule has 1 atom stereocenters. The van der Waals surface area contributed by atoms with Crippen LogP contribution in [0.3, 0.4) is 0 Å². The monoisotopic (exact) mass is 554 g/mol. The van der Waals surface area contributed by atoms with Crippen LogP contribution in [0.1, 0.15) is 31.9 Å². The number of hydrogen-bond acceptors (Lipinski definition) is 6. The van der Waals surface area contributed by atoms with E-state index in [0.29, 0.717) is 44.8 Å². The number of thioether (sulfide) groups is 1. The first kappa shape index (κ1) is 30.5. The summed E-state index contributed by atoms with van der Waals surface area (Å²) in [4.78, 5) is 45.2. The van der Waals surface area contributed by atoms with Crippen molar-refractivity contribution in [2.45, 2.75) is 45.3 Å². The first-order valence-corrected chi connectivity index (χ1v) is 14.6. The summed E-state index contributed by atoms with van der Waals surface area (Å²) in [6.07, 6.45) is 1.08. The summed E-state index contributed by atoms with van der Waals surface area (Å²) in [6, 6.07) is 18.7. The maximum absolute atomic E-state index is 13.6. The molecule has 1 unspecified atom stereocenters. The van der Waals surface area contributed by atoms with E-state index in [-0.39, 0.29) is 17.2 Å². The molecule has 1 aliphatic rings. The fourth-order valence-corrected chi connectivity index (χ4v) is 5.07. The van der Waals surface area contributed by atoms with Gasteiger partial charge in [-0.3, -0.25) is 4.79 Å². The van der Waals surface area contributed by atoms with Crippen molar-refractivity contribution >= 4 is 29.0 Å². The maximum atomic E-state index is 13.6. The number of likely N-dealkylation sites (N-methyl/N-ethyl adjacent to an activating group) is 1. The lowest BCUT2D eigenvalue weighted by Crippen LogP contribution is -2.57. The second kappa shape index (κ2) is 14.9. The Kier molecular flexibility index (Phi) is 11.7. The molecule has 3 rings (SSSR count). The molecule has 1 N–H and O–H groups in total. The molecule has 0 bridgehead atoms. The molecule has 0 radical (unpaired) electrons. The summed E-state index contributed by atoms with van der Waals surface area (Å²) in [5.74, 6) is 0.332. The zero-order chi connectivity index (χ0) is 28.3. The number of hydrogen-bond donors (Lipinski definition) is 1. The largest absolute Gasteiger partial charge is 0.452 e. The quantitative estimate of drug-likeness (QED) is 0.441. The van der Waals surface area contributed by atoms with E-state index in [0.717, 1.165) is 36.0 Å². The van der Waals surface area contributed by atoms with E-state index in [2.05, 4.69) is 10.2 Å². The minimum atomic E-state index is -0.680. The minimum absolute atomic E-state index is 0.0635. The molecule has 0 spiro atoms. The number of urea groups is 1. The van der Waals surface area contributed by atoms with E-state index in [4.69, 9.17) is 4.74 Å². The van der Waals surface area contributed by atoms with E-state index in [1.807, 2.05) is 93.4 Å². The highest BCUT2D eigenvalue weighted by Gasteiger charge is 2.29. The van der Waals surface area contributed by atoms with Gasteiger partial charge in [0.25, 0.3) is 0 Å². The molecule has 0 aliphatic carbocycles. The predicted octanol–water partition coefficient (Wildman–Crippen LogP) is 4.29. The molecule has 9 heteroatoms. The fourth-order valence-electron chi connectivity index (χ4n) is 4.28. The second-order valence-corrected chi connectivity index (χ2v) is 11.9. The van der Waals surface area contributed by atoms with Gasteiger partial charge >= 0.3 is 11.3 Å². The van der Waals surface area contributed by atoms with Crippen LogP contribution in [-0.4, -0.2) is 95.7 Å². The number of ether oxygens (including phenoxy) is 1. The number of benzene rings is 2. The smallest absolute Gasteiger partial charge is 0.367 e. The molecule has 8 nitrogen and oxygen atoms in total. The Morgan fingerprint density at radius 3 is 2.10 bits per heavy atom. The van der Waals surface area contributed by atoms with E-state index < -0.39 is 11.6 Å². The Bertz CT molecular complexity index is 1050. The van der Waals surface area contributed by atoms with Crippen molar-refractivity contribution in [3.8, 4) is 0 Å². The van der Waals surface area contributed by atoms with Crippen molar-refractivity contribution in [1.29, 1.82) is 0 Å². The standard InChI is InChI=1S/C30H42N4O4S/c1-30(2,3)38-29(37)39-22-21-34(16-15-24-11-7-5-8-12-24)28(36)31-26(23-25-13-9-6-10-14-25)27(35)33-19-17-32(4)18-20-33/h5-14,26H,15-23H2,1-4H3,(H,31,36). The summed E-state index contributed by atoms with van der Waals surface area (Å²) in [7, 11) is 2.05. The van der Waals surface area contributed by atoms with Crippen LogP contribution in [-0.2, 0) is 22.4 Å². The molecule has 0 saturated carbocycles. The van der Waals surface area contributed by atoms with Crippen molar-refractivity contribution in [2.75, 3.05) is 52.1 Å². The Balaban J connectivity index is 1.70. The summed E-state index contributed by atoms with van der Waals surface area (Å²) in [5, 5.41) is 2.68. The first-order valence-electron chi connectivity index (χ1n) is 13.6. The molecule has 3 amide bonds. The molecule has 39 heavy (non-hydrogen) atoms. The lowest BCUT2D eigenvalue weighted by molar-refractivity contribution is -0.134. The SMILES string of the molecule is CN1CCN(C(=O)C(Cc2ccccc2)NC(=O)N(CCSC(=O)OC(C)(C)C)CCc2ccccc2)CC1. The molecular formula is C30H42N4O4S. The maximum Gasteiger partial charge on any atom is 0.367 e. The van der Waals surface area contributed by atoms with Gasteiger partial charge in [-0.15, -0.1) is 0 Å². The Morgan fingerprint density at radius 2 is 1.51 bits per heavy atom. The van der Waals surface area contributed by atoms with Crippen molar-refractivity contribution in [2.24, 2.45) is 0 Å². The van der Waals surface area contributed by atoms with Crippen LogP contribution in [0.25, 0.3) is 0 Å². The average Bonchev–Trinajstić information content (AvgIpc) is 2.90. The van der Waals surface area contributed by atoms with Gasteiger partial charge in [0, 0.05) is 51.4 Å². The van der Waals surface area contributed by atoms with Crippen molar-refractivity contribution in [1.82, 2.24) is 20.0 Å². The molecule has 1 saturated heterocycles. The van der Waals surface area contributed by atoms with Crippen LogP contribution < -0.4 is 5.32 Å². The topological polar surface area (TPSA) is 82.2 Å². The average molecular weight is 555 g/mol. The van der Waals surface area contributed by atoms with E-state index in [1.54, 1.807) is 4.90 Å². The highest BCUT2D eigenvalue weighted by molar-refractivity contribution is 8.13. The van der Waals surface area contributed by atoms with Crippen LogP contribution in [0.2, 0.25) is 0 Å². The van der Waals surface area contributed by atoms with Gasteiger partial charge < -0.3 is 24.8 Å². The number of nitrogens with zero attached hydrogens (tertiary/aromatic N) is 3. The molecule has 2 aromatic carbocycles. The molecule has 212 valence electrons. The number of rotatable bonds is 10. The molecule has 2 aromatic rings. The van der Waals surface area contributed by atoms with Crippen LogP contribution in [0, 0.1) is 0 Å². The van der Waals surface area contributed by atoms with Crippen LogP contribution in [0.15, 0.2) is 60.7 Å². The van der Waals surface area contributed by atoms with Gasteiger partial charge in [-0.2, -0.15) is 0 Å². The van der Waals surface area contributed by atoms with Crippen LogP contribution >= 0.6 is 11.8 Å². The summed E-state index contributed by atoms with van der Waals surface area (Å²) in [5.41, 5.74) is 1.54. The molecule has 0 aromatic heterocycles. The van der Waals surface area contributed by atoms with Crippen molar-refractivity contribution in [3.63, 3.8) is 0 Å². The zero-order valence-corrected chi connectivity index (χ0v) is 24.4. The van der Waals surface area contributed by atoms with Crippen molar-refractivity contribution in [3.05, 3.63) is 71.8 Å². The van der Waals surface area contributed by atoms with Gasteiger partial charge in [0.1, 0.15) is 11.6 Å². The lowest BCUT2D eigenvalue weighted by Gasteiger charge is -2.35. The lowest BCUT2D eigenvalue weighted by atomic mass is 10.0. The number of carbonyl (C=O) groups excluding carboxylic acids is 3. The molecule has 1 heterocycles. The summed E-state index contributed by atoms with van der Waals surface area (Å²) in [6.45, 7) is 9.20. The third-order valence-electron chi connectivity index (χ3n) is 6.46. The van der Waals surface area contributed by atoms with Crippen LogP contribution in [0.5, 0.6) is 0 Å². The minimum Gasteiger partial charge on any atom is -0.452 e. The number of piperazine rings is 1. The van der Waals surface area contributed by atoms with Gasteiger partial charge in [-0.1, -0.05) is 60.7 Å². The molecular weight excluding hydrogens is 512 g/mol. The van der Waals surface area contributed by atoms with Crippen molar-refractivity contribution < 1.29 is 19.1 Å². The number of carbonyl (C=O) groups is 3. The molecule has 1 aliphatic heterocycles. The normalized spacial score (nSPS) is 14.9. The third-order valence-corrected chi connectivity index (χ3v) is 7.17. The van der Waals surface area contributed by atoms with Gasteiger partial charge in [0.15, 0.2) is 0 Å². The predicted molar refractivity (Wildman–Crippen MR) is 157 cm³/mol. The van der Waals surface area contributed by atoms with E-state index >= 15 is 0 Å². The Hall–Kier alpha value is -3.04.